The van der Waals surface area contributed by atoms with Gasteiger partial charge in [0.2, 0.25) is 17.7 Å². The Morgan fingerprint density at radius 1 is 1.25 bits per heavy atom. The van der Waals surface area contributed by atoms with Crippen molar-refractivity contribution in [2.75, 3.05) is 6.54 Å². The molecule has 0 bridgehead atoms. The Morgan fingerprint density at radius 3 is 3.00 bits per heavy atom. The minimum atomic E-state index is 0.252. The van der Waals surface area contributed by atoms with E-state index in [1.54, 1.807) is 11.3 Å². The van der Waals surface area contributed by atoms with Crippen LogP contribution >= 0.6 is 11.3 Å². The van der Waals surface area contributed by atoms with Crippen molar-refractivity contribution < 1.29 is 9.21 Å². The van der Waals surface area contributed by atoms with Crippen LogP contribution < -0.4 is 0 Å². The molecule has 0 aromatic carbocycles. The molecule has 5 nitrogen and oxygen atoms in total. The SMILES string of the molecule is O=C(CCc1nnc(-c2ccsc2)o1)N1CCC[C@H]2CCCC[C@@H]21. The molecular weight excluding hydrogens is 322 g/mol. The molecule has 0 unspecified atom stereocenters. The molecule has 1 aliphatic carbocycles. The fraction of sp³-hybridized carbons (Fsp3) is 0.611. The highest BCUT2D eigenvalue weighted by Gasteiger charge is 2.35. The van der Waals surface area contributed by atoms with Crippen LogP contribution in [0.15, 0.2) is 21.2 Å². The maximum absolute atomic E-state index is 12.7. The zero-order valence-electron chi connectivity index (χ0n) is 13.8. The molecule has 6 heteroatoms. The standard InChI is InChI=1S/C18H23N3O2S/c22-17(21-10-3-5-13-4-1-2-6-15(13)21)8-7-16-19-20-18(23-16)14-9-11-24-12-14/h9,11-13,15H,1-8,10H2/t13-,15+/m1/s1. The molecule has 128 valence electrons. The second-order valence-electron chi connectivity index (χ2n) is 6.85. The summed E-state index contributed by atoms with van der Waals surface area (Å²) in [5.41, 5.74) is 0.950. The van der Waals surface area contributed by atoms with Crippen LogP contribution in [0.3, 0.4) is 0 Å². The molecule has 1 saturated carbocycles. The number of rotatable bonds is 4. The summed E-state index contributed by atoms with van der Waals surface area (Å²) in [5.74, 6) is 2.08. The highest BCUT2D eigenvalue weighted by Crippen LogP contribution is 2.35. The summed E-state index contributed by atoms with van der Waals surface area (Å²) in [4.78, 5) is 14.8. The normalized spacial score (nSPS) is 23.9. The Hall–Kier alpha value is -1.69. The van der Waals surface area contributed by atoms with E-state index in [4.69, 9.17) is 4.42 Å². The summed E-state index contributed by atoms with van der Waals surface area (Å²) < 4.78 is 5.69. The maximum atomic E-state index is 12.7. The van der Waals surface area contributed by atoms with Gasteiger partial charge in [0.05, 0.1) is 0 Å². The lowest BCUT2D eigenvalue weighted by Crippen LogP contribution is -2.49. The first-order chi connectivity index (χ1) is 11.8. The number of fused-ring (bicyclic) bond motifs is 1. The number of likely N-dealkylation sites (tertiary alicyclic amines) is 1. The summed E-state index contributed by atoms with van der Waals surface area (Å²) in [5, 5.41) is 12.1. The third-order valence-electron chi connectivity index (χ3n) is 5.35. The molecule has 2 aromatic heterocycles. The number of thiophene rings is 1. The van der Waals surface area contributed by atoms with Gasteiger partial charge in [-0.15, -0.1) is 10.2 Å². The van der Waals surface area contributed by atoms with Crippen molar-refractivity contribution >= 4 is 17.2 Å². The third-order valence-corrected chi connectivity index (χ3v) is 6.03. The summed E-state index contributed by atoms with van der Waals surface area (Å²) >= 11 is 1.60. The van der Waals surface area contributed by atoms with E-state index in [0.29, 0.717) is 30.7 Å². The highest BCUT2D eigenvalue weighted by molar-refractivity contribution is 7.08. The van der Waals surface area contributed by atoms with Gasteiger partial charge in [-0.2, -0.15) is 11.3 Å². The van der Waals surface area contributed by atoms with Crippen molar-refractivity contribution in [3.05, 3.63) is 22.7 Å². The van der Waals surface area contributed by atoms with Gasteiger partial charge in [0.15, 0.2) is 0 Å². The van der Waals surface area contributed by atoms with Gasteiger partial charge in [-0.3, -0.25) is 4.79 Å². The van der Waals surface area contributed by atoms with Crippen LogP contribution in [0.5, 0.6) is 0 Å². The first-order valence-corrected chi connectivity index (χ1v) is 9.90. The van der Waals surface area contributed by atoms with Crippen LogP contribution in [-0.4, -0.2) is 33.6 Å². The van der Waals surface area contributed by atoms with Gasteiger partial charge in [0.1, 0.15) is 0 Å². The van der Waals surface area contributed by atoms with Gasteiger partial charge in [0, 0.05) is 36.4 Å². The third kappa shape index (κ3) is 3.24. The van der Waals surface area contributed by atoms with Crippen molar-refractivity contribution in [1.82, 2.24) is 15.1 Å². The van der Waals surface area contributed by atoms with E-state index in [-0.39, 0.29) is 5.91 Å². The van der Waals surface area contributed by atoms with E-state index in [9.17, 15) is 4.79 Å². The number of nitrogens with zero attached hydrogens (tertiary/aromatic N) is 3. The zero-order valence-corrected chi connectivity index (χ0v) is 14.6. The molecule has 4 rings (SSSR count). The number of aromatic nitrogens is 2. The van der Waals surface area contributed by atoms with Crippen LogP contribution in [-0.2, 0) is 11.2 Å². The van der Waals surface area contributed by atoms with E-state index in [0.717, 1.165) is 24.4 Å². The molecule has 2 aliphatic rings. The number of piperidine rings is 1. The lowest BCUT2D eigenvalue weighted by Gasteiger charge is -2.44. The molecule has 1 amide bonds. The Morgan fingerprint density at radius 2 is 2.12 bits per heavy atom. The zero-order chi connectivity index (χ0) is 16.4. The smallest absolute Gasteiger partial charge is 0.248 e. The Kier molecular flexibility index (Phi) is 4.65. The molecule has 1 aliphatic heterocycles. The van der Waals surface area contributed by atoms with E-state index >= 15 is 0 Å². The largest absolute Gasteiger partial charge is 0.421 e. The van der Waals surface area contributed by atoms with Gasteiger partial charge in [-0.05, 0) is 43.0 Å². The Balaban J connectivity index is 1.36. The number of aryl methyl sites for hydroxylation is 1. The summed E-state index contributed by atoms with van der Waals surface area (Å²) in [7, 11) is 0. The lowest BCUT2D eigenvalue weighted by atomic mass is 9.78. The van der Waals surface area contributed by atoms with Gasteiger partial charge in [-0.1, -0.05) is 12.8 Å². The summed E-state index contributed by atoms with van der Waals surface area (Å²) in [6.45, 7) is 0.921. The molecule has 24 heavy (non-hydrogen) atoms. The first kappa shape index (κ1) is 15.8. The monoisotopic (exact) mass is 345 g/mol. The number of carbonyl (C=O) groups excluding carboxylic acids is 1. The highest BCUT2D eigenvalue weighted by atomic mass is 32.1. The molecule has 2 atom stereocenters. The lowest BCUT2D eigenvalue weighted by molar-refractivity contribution is -0.137. The molecule has 3 heterocycles. The van der Waals surface area contributed by atoms with E-state index in [1.807, 2.05) is 16.8 Å². The Labute approximate surface area is 146 Å². The number of hydrogen-bond donors (Lipinski definition) is 0. The fourth-order valence-corrected chi connectivity index (χ4v) is 4.78. The van der Waals surface area contributed by atoms with Crippen molar-refractivity contribution in [2.24, 2.45) is 5.92 Å². The molecule has 1 saturated heterocycles. The average Bonchev–Trinajstić information content (AvgIpc) is 3.30. The molecular formula is C18H23N3O2S. The van der Waals surface area contributed by atoms with Crippen molar-refractivity contribution in [3.8, 4) is 11.5 Å². The second-order valence-corrected chi connectivity index (χ2v) is 7.63. The van der Waals surface area contributed by atoms with Gasteiger partial charge >= 0.3 is 0 Å². The molecule has 2 fully saturated rings. The molecule has 2 aromatic rings. The van der Waals surface area contributed by atoms with Crippen molar-refractivity contribution in [1.29, 1.82) is 0 Å². The Bertz CT molecular complexity index is 680. The first-order valence-electron chi connectivity index (χ1n) is 8.95. The molecule has 0 spiro atoms. The van der Waals surface area contributed by atoms with Gasteiger partial charge in [-0.25, -0.2) is 0 Å². The van der Waals surface area contributed by atoms with E-state index in [1.165, 1.54) is 32.1 Å². The van der Waals surface area contributed by atoms with Crippen LogP contribution in [0.1, 0.15) is 50.8 Å². The molecule has 0 radical (unpaired) electrons. The van der Waals surface area contributed by atoms with Gasteiger partial charge < -0.3 is 9.32 Å². The van der Waals surface area contributed by atoms with Crippen LogP contribution in [0, 0.1) is 5.92 Å². The number of amides is 1. The average molecular weight is 345 g/mol. The van der Waals surface area contributed by atoms with Crippen molar-refractivity contribution in [3.63, 3.8) is 0 Å². The molecule has 0 N–H and O–H groups in total. The topological polar surface area (TPSA) is 59.2 Å². The van der Waals surface area contributed by atoms with E-state index in [2.05, 4.69) is 15.1 Å². The predicted octanol–water partition coefficient (Wildman–Crippen LogP) is 3.91. The predicted molar refractivity (Wildman–Crippen MR) is 92.6 cm³/mol. The van der Waals surface area contributed by atoms with Crippen LogP contribution in [0.2, 0.25) is 0 Å². The van der Waals surface area contributed by atoms with Crippen LogP contribution in [0.4, 0.5) is 0 Å². The number of hydrogen-bond acceptors (Lipinski definition) is 5. The summed E-state index contributed by atoms with van der Waals surface area (Å²) in [6.07, 6.45) is 8.51. The van der Waals surface area contributed by atoms with Crippen LogP contribution in [0.25, 0.3) is 11.5 Å². The minimum absolute atomic E-state index is 0.252. The van der Waals surface area contributed by atoms with E-state index < -0.39 is 0 Å². The second kappa shape index (κ2) is 7.05. The maximum Gasteiger partial charge on any atom is 0.248 e. The summed E-state index contributed by atoms with van der Waals surface area (Å²) in [6, 6.07) is 2.44. The quantitative estimate of drug-likeness (QED) is 0.843. The van der Waals surface area contributed by atoms with Gasteiger partial charge in [0.25, 0.3) is 0 Å². The fourth-order valence-electron chi connectivity index (χ4n) is 4.15. The number of carbonyl (C=O) groups is 1. The minimum Gasteiger partial charge on any atom is -0.421 e. The van der Waals surface area contributed by atoms with Crippen molar-refractivity contribution in [2.45, 2.75) is 57.4 Å².